The van der Waals surface area contributed by atoms with Gasteiger partial charge in [0.1, 0.15) is 34.5 Å². The molecule has 0 bridgehead atoms. The highest BCUT2D eigenvalue weighted by atomic mass is 16.5. The third-order valence-electron chi connectivity index (χ3n) is 5.94. The Labute approximate surface area is 216 Å². The molecule has 0 heterocycles. The molecular formula is C33H38O3. The van der Waals surface area contributed by atoms with Crippen molar-refractivity contribution in [3.63, 3.8) is 0 Å². The second-order valence-corrected chi connectivity index (χ2v) is 8.65. The van der Waals surface area contributed by atoms with Crippen molar-refractivity contribution in [3.8, 4) is 34.5 Å². The van der Waals surface area contributed by atoms with Crippen LogP contribution in [0.5, 0.6) is 34.5 Å². The van der Waals surface area contributed by atoms with Crippen LogP contribution in [0, 0.1) is 13.8 Å². The number of rotatable bonds is 9. The summed E-state index contributed by atoms with van der Waals surface area (Å²) in [7, 11) is 0. The first-order valence-corrected chi connectivity index (χ1v) is 12.9. The van der Waals surface area contributed by atoms with Gasteiger partial charge in [-0.25, -0.2) is 0 Å². The number of aryl methyl sites for hydroxylation is 2. The van der Waals surface area contributed by atoms with Gasteiger partial charge in [-0.15, -0.1) is 0 Å². The minimum atomic E-state index is 0.579. The van der Waals surface area contributed by atoms with Gasteiger partial charge >= 0.3 is 0 Å². The Morgan fingerprint density at radius 3 is 1.08 bits per heavy atom. The number of hydrogen-bond acceptors (Lipinski definition) is 3. The Morgan fingerprint density at radius 1 is 0.472 bits per heavy atom. The summed E-state index contributed by atoms with van der Waals surface area (Å²) in [6.07, 6.45) is 2.27. The van der Waals surface area contributed by atoms with E-state index in [2.05, 4.69) is 39.8 Å². The molecule has 0 spiro atoms. The maximum atomic E-state index is 6.22. The normalized spacial score (nSPS) is 10.4. The van der Waals surface area contributed by atoms with E-state index in [0.29, 0.717) is 23.2 Å². The molecule has 4 rings (SSSR count). The second-order valence-electron chi connectivity index (χ2n) is 8.65. The zero-order valence-electron chi connectivity index (χ0n) is 22.4. The predicted octanol–water partition coefficient (Wildman–Crippen LogP) is 10.6. The van der Waals surface area contributed by atoms with Gasteiger partial charge in [0.25, 0.3) is 0 Å². The molecular weight excluding hydrogens is 444 g/mol. The van der Waals surface area contributed by atoms with Gasteiger partial charge in [0.05, 0.1) is 0 Å². The molecule has 0 atom stereocenters. The first-order chi connectivity index (χ1) is 17.5. The maximum absolute atomic E-state index is 6.22. The van der Waals surface area contributed by atoms with E-state index in [1.54, 1.807) is 0 Å². The summed E-state index contributed by atoms with van der Waals surface area (Å²) in [5.74, 6) is 4.84. The molecule has 0 N–H and O–H groups in total. The highest BCUT2D eigenvalue weighted by molar-refractivity contribution is 5.47. The fourth-order valence-electron chi connectivity index (χ4n) is 3.91. The van der Waals surface area contributed by atoms with Gasteiger partial charge in [-0.05, 0) is 74.6 Å². The molecule has 0 radical (unpaired) electrons. The number of hydrogen-bond donors (Lipinski definition) is 0. The van der Waals surface area contributed by atoms with Crippen LogP contribution in [-0.4, -0.2) is 0 Å². The van der Waals surface area contributed by atoms with Crippen LogP contribution in [0.15, 0.2) is 91.0 Å². The lowest BCUT2D eigenvalue weighted by atomic mass is 9.94. The fourth-order valence-corrected chi connectivity index (χ4v) is 3.91. The summed E-state index contributed by atoms with van der Waals surface area (Å²) in [6, 6.07) is 30.0. The molecule has 0 aliphatic heterocycles. The molecule has 0 aliphatic carbocycles. The van der Waals surface area contributed by atoms with E-state index in [1.165, 1.54) is 16.7 Å². The van der Waals surface area contributed by atoms with Crippen molar-refractivity contribution in [3.05, 3.63) is 108 Å². The average molecular weight is 483 g/mol. The molecule has 0 saturated heterocycles. The highest BCUT2D eigenvalue weighted by Crippen LogP contribution is 2.36. The third-order valence-corrected chi connectivity index (χ3v) is 5.94. The van der Waals surface area contributed by atoms with Crippen LogP contribution in [0.1, 0.15) is 63.1 Å². The fraction of sp³-hybridized carbons (Fsp3) is 0.273. The minimum Gasteiger partial charge on any atom is -0.457 e. The molecule has 3 nitrogen and oxygen atoms in total. The summed E-state index contributed by atoms with van der Waals surface area (Å²) in [5.41, 5.74) is 3.71. The highest BCUT2D eigenvalue weighted by Gasteiger charge is 2.10. The van der Waals surface area contributed by atoms with Crippen LogP contribution in [0.25, 0.3) is 0 Å². The Hall–Kier alpha value is -3.72. The quantitative estimate of drug-likeness (QED) is 0.237. The summed E-state index contributed by atoms with van der Waals surface area (Å²) in [5, 5.41) is 0. The SMILES string of the molecule is CC.CCC(CC)c1ccc(Oc2cc(Oc3ccc(C)cc3)cc(Oc3ccc(C)cc3)c2)cc1. The molecule has 0 fully saturated rings. The Bertz CT molecular complexity index is 1120. The smallest absolute Gasteiger partial charge is 0.134 e. The van der Waals surface area contributed by atoms with Gasteiger partial charge in [0, 0.05) is 18.2 Å². The van der Waals surface area contributed by atoms with Gasteiger partial charge in [0.15, 0.2) is 0 Å². The molecule has 0 unspecified atom stereocenters. The molecule has 4 aromatic carbocycles. The standard InChI is InChI=1S/C31H32O3.C2H6/c1-5-24(6-2)25-11-17-28(18-12-25)34-31-20-29(32-26-13-7-22(3)8-14-26)19-30(21-31)33-27-15-9-23(4)10-16-27;1-2/h7-21,24H,5-6H2,1-4H3;1-2H3. The van der Waals surface area contributed by atoms with Crippen molar-refractivity contribution in [2.45, 2.75) is 60.3 Å². The van der Waals surface area contributed by atoms with Gasteiger partial charge in [0.2, 0.25) is 0 Å². The minimum absolute atomic E-state index is 0.579. The largest absolute Gasteiger partial charge is 0.457 e. The molecule has 0 aliphatic rings. The van der Waals surface area contributed by atoms with Crippen molar-refractivity contribution >= 4 is 0 Å². The van der Waals surface area contributed by atoms with Gasteiger partial charge in [-0.2, -0.15) is 0 Å². The van der Waals surface area contributed by atoms with E-state index in [4.69, 9.17) is 14.2 Å². The molecule has 0 aromatic heterocycles. The summed E-state index contributed by atoms with van der Waals surface area (Å²) in [4.78, 5) is 0. The lowest BCUT2D eigenvalue weighted by Crippen LogP contribution is -1.95. The molecule has 3 heteroatoms. The molecule has 4 aromatic rings. The number of ether oxygens (including phenoxy) is 3. The van der Waals surface area contributed by atoms with Crippen molar-refractivity contribution in [2.75, 3.05) is 0 Å². The summed E-state index contributed by atoms with van der Waals surface area (Å²) >= 11 is 0. The van der Waals surface area contributed by atoms with Crippen molar-refractivity contribution in [1.29, 1.82) is 0 Å². The molecule has 188 valence electrons. The summed E-state index contributed by atoms with van der Waals surface area (Å²) < 4.78 is 18.5. The van der Waals surface area contributed by atoms with E-state index < -0.39 is 0 Å². The molecule has 0 saturated carbocycles. The topological polar surface area (TPSA) is 27.7 Å². The lowest BCUT2D eigenvalue weighted by molar-refractivity contribution is 0.439. The lowest BCUT2D eigenvalue weighted by Gasteiger charge is -2.15. The predicted molar refractivity (Wildman–Crippen MR) is 150 cm³/mol. The average Bonchev–Trinajstić information content (AvgIpc) is 2.90. The van der Waals surface area contributed by atoms with Gasteiger partial charge in [-0.3, -0.25) is 0 Å². The Morgan fingerprint density at radius 2 is 0.778 bits per heavy atom. The maximum Gasteiger partial charge on any atom is 0.134 e. The molecule has 36 heavy (non-hydrogen) atoms. The van der Waals surface area contributed by atoms with Crippen molar-refractivity contribution < 1.29 is 14.2 Å². The first kappa shape index (κ1) is 26.9. The van der Waals surface area contributed by atoms with Crippen LogP contribution in [0.4, 0.5) is 0 Å². The van der Waals surface area contributed by atoms with Crippen LogP contribution < -0.4 is 14.2 Å². The molecule has 0 amide bonds. The van der Waals surface area contributed by atoms with Crippen LogP contribution in [0.2, 0.25) is 0 Å². The first-order valence-electron chi connectivity index (χ1n) is 12.9. The van der Waals surface area contributed by atoms with Crippen LogP contribution >= 0.6 is 0 Å². The third kappa shape index (κ3) is 7.64. The number of benzene rings is 4. The van der Waals surface area contributed by atoms with Crippen LogP contribution in [-0.2, 0) is 0 Å². The monoisotopic (exact) mass is 482 g/mol. The zero-order valence-corrected chi connectivity index (χ0v) is 22.4. The van der Waals surface area contributed by atoms with E-state index >= 15 is 0 Å². The zero-order chi connectivity index (χ0) is 25.9. The Balaban J connectivity index is 0.00000176. The van der Waals surface area contributed by atoms with Crippen molar-refractivity contribution in [1.82, 2.24) is 0 Å². The van der Waals surface area contributed by atoms with Crippen LogP contribution in [0.3, 0.4) is 0 Å². The van der Waals surface area contributed by atoms with Gasteiger partial charge in [-0.1, -0.05) is 75.2 Å². The van der Waals surface area contributed by atoms with E-state index in [0.717, 1.165) is 30.1 Å². The van der Waals surface area contributed by atoms with E-state index in [1.807, 2.05) is 92.7 Å². The Kier molecular flexibility index (Phi) is 10.00. The van der Waals surface area contributed by atoms with Gasteiger partial charge < -0.3 is 14.2 Å². The van der Waals surface area contributed by atoms with E-state index in [9.17, 15) is 0 Å². The van der Waals surface area contributed by atoms with E-state index in [-0.39, 0.29) is 0 Å². The summed E-state index contributed by atoms with van der Waals surface area (Å²) in [6.45, 7) is 12.6. The second kappa shape index (κ2) is 13.4. The van der Waals surface area contributed by atoms with Crippen molar-refractivity contribution in [2.24, 2.45) is 0 Å².